The highest BCUT2D eigenvalue weighted by molar-refractivity contribution is 5.66. The second-order valence-electron chi connectivity index (χ2n) is 5.89. The molecule has 0 aliphatic heterocycles. The van der Waals surface area contributed by atoms with E-state index in [1.54, 1.807) is 0 Å². The third-order valence-corrected chi connectivity index (χ3v) is 4.03. The van der Waals surface area contributed by atoms with Crippen LogP contribution in [-0.4, -0.2) is 11.1 Å². The molecular weight excluding hydrogens is 248 g/mol. The van der Waals surface area contributed by atoms with E-state index in [-0.39, 0.29) is 18.7 Å². The first-order valence-electron chi connectivity index (χ1n) is 10.6. The maximum absolute atomic E-state index is 10.4. The molecule has 1 saturated carbocycles. The fourth-order valence-corrected chi connectivity index (χ4v) is 2.77. The minimum absolute atomic E-state index is 0.187. The van der Waals surface area contributed by atoms with Gasteiger partial charge in [-0.05, 0) is 12.3 Å². The Hall–Kier alpha value is -0.530. The number of hydrogen-bond donors (Lipinski definition) is 1. The van der Waals surface area contributed by atoms with Crippen LogP contribution in [-0.2, 0) is 4.79 Å². The Morgan fingerprint density at radius 3 is 2.30 bits per heavy atom. The zero-order valence-corrected chi connectivity index (χ0v) is 12.7. The molecule has 1 fully saturated rings. The Balaban J connectivity index is 2.05. The van der Waals surface area contributed by atoms with Crippen LogP contribution in [0.3, 0.4) is 0 Å². The van der Waals surface area contributed by atoms with Crippen LogP contribution < -0.4 is 0 Å². The highest BCUT2D eigenvalue weighted by atomic mass is 16.4. The molecular formula is C18H34O2. The lowest BCUT2D eigenvalue weighted by Crippen LogP contribution is -1.98. The van der Waals surface area contributed by atoms with Gasteiger partial charge in [-0.3, -0.25) is 4.79 Å². The van der Waals surface area contributed by atoms with Crippen LogP contribution in [0.1, 0.15) is 108 Å². The minimum Gasteiger partial charge on any atom is -0.481 e. The van der Waals surface area contributed by atoms with Gasteiger partial charge in [0.25, 0.3) is 0 Å². The van der Waals surface area contributed by atoms with Crippen molar-refractivity contribution < 1.29 is 15.4 Å². The number of hydrogen-bond acceptors (Lipinski definition) is 1. The molecule has 5 atom stereocenters. The fraction of sp³-hybridized carbons (Fsp3) is 0.944. The molecule has 0 aromatic heterocycles. The summed E-state index contributed by atoms with van der Waals surface area (Å²) in [5.41, 5.74) is 0. The summed E-state index contributed by atoms with van der Waals surface area (Å²) >= 11 is 0. The average molecular weight is 286 g/mol. The van der Waals surface area contributed by atoms with Gasteiger partial charge in [-0.2, -0.15) is 0 Å². The number of rotatable bonds is 11. The van der Waals surface area contributed by atoms with Gasteiger partial charge in [-0.1, -0.05) is 89.8 Å². The highest BCUT2D eigenvalue weighted by Crippen LogP contribution is 2.27. The van der Waals surface area contributed by atoms with E-state index >= 15 is 0 Å². The van der Waals surface area contributed by atoms with Crippen molar-refractivity contribution in [2.24, 2.45) is 5.92 Å². The van der Waals surface area contributed by atoms with Gasteiger partial charge in [0.05, 0.1) is 0 Å². The van der Waals surface area contributed by atoms with Crippen LogP contribution in [0, 0.1) is 5.92 Å². The number of aliphatic carboxylic acids is 1. The van der Waals surface area contributed by atoms with Crippen molar-refractivity contribution in [1.82, 2.24) is 0 Å². The fourth-order valence-electron chi connectivity index (χ4n) is 2.77. The number of carboxylic acid groups (broad SMARTS) is 1. The van der Waals surface area contributed by atoms with E-state index < -0.39 is 25.2 Å². The van der Waals surface area contributed by atoms with Crippen molar-refractivity contribution in [3.8, 4) is 0 Å². The normalized spacial score (nSPS) is 37.3. The van der Waals surface area contributed by atoms with Crippen LogP contribution in [0.15, 0.2) is 0 Å². The van der Waals surface area contributed by atoms with Crippen molar-refractivity contribution in [3.63, 3.8) is 0 Å². The highest BCUT2D eigenvalue weighted by Gasteiger charge is 2.11. The molecule has 118 valence electrons. The summed E-state index contributed by atoms with van der Waals surface area (Å²) in [6.45, 7) is 0. The second-order valence-corrected chi connectivity index (χ2v) is 5.89. The first kappa shape index (κ1) is 12.1. The largest absolute Gasteiger partial charge is 0.481 e. The molecule has 0 bridgehead atoms. The molecule has 0 amide bonds. The maximum atomic E-state index is 10.4. The van der Waals surface area contributed by atoms with E-state index in [0.717, 1.165) is 38.5 Å². The van der Waals surface area contributed by atoms with Crippen molar-refractivity contribution in [2.45, 2.75) is 103 Å². The van der Waals surface area contributed by atoms with Crippen LogP contribution >= 0.6 is 0 Å². The Bertz CT molecular complexity index is 354. The maximum Gasteiger partial charge on any atom is 0.303 e. The molecule has 20 heavy (non-hydrogen) atoms. The number of carboxylic acids is 1. The van der Waals surface area contributed by atoms with Gasteiger partial charge in [-0.25, -0.2) is 0 Å². The summed E-state index contributed by atoms with van der Waals surface area (Å²) in [5.74, 6) is -0.517. The van der Waals surface area contributed by atoms with Crippen molar-refractivity contribution in [2.75, 3.05) is 0 Å². The molecule has 0 aromatic carbocycles. The summed E-state index contributed by atoms with van der Waals surface area (Å²) in [6, 6.07) is 0. The molecule has 5 unspecified atom stereocenters. The number of carbonyl (C=O) groups is 1. The summed E-state index contributed by atoms with van der Waals surface area (Å²) in [6.07, 6.45) is 8.97. The summed E-state index contributed by atoms with van der Waals surface area (Å²) in [5, 5.41) is 8.56. The van der Waals surface area contributed by atoms with Crippen LogP contribution in [0.25, 0.3) is 0 Å². The topological polar surface area (TPSA) is 37.3 Å². The molecule has 0 spiro atoms. The van der Waals surface area contributed by atoms with Gasteiger partial charge < -0.3 is 5.11 Å². The van der Waals surface area contributed by atoms with E-state index in [1.165, 1.54) is 19.3 Å². The zero-order chi connectivity index (χ0) is 17.9. The SMILES string of the molecule is [2H]C1CC([2H])C([2H])C([2H])CC1CCCCCCCCCCC(=O)O. The van der Waals surface area contributed by atoms with Crippen LogP contribution in [0.5, 0.6) is 0 Å². The molecule has 2 heteroatoms. The lowest BCUT2D eigenvalue weighted by atomic mass is 9.93. The quantitative estimate of drug-likeness (QED) is 0.377. The van der Waals surface area contributed by atoms with E-state index in [0.29, 0.717) is 12.8 Å². The first-order chi connectivity index (χ1) is 11.4. The van der Waals surface area contributed by atoms with E-state index in [1.807, 2.05) is 0 Å². The van der Waals surface area contributed by atoms with E-state index in [9.17, 15) is 4.79 Å². The van der Waals surface area contributed by atoms with Crippen molar-refractivity contribution in [3.05, 3.63) is 0 Å². The Kier molecular flexibility index (Phi) is 7.37. The predicted molar refractivity (Wildman–Crippen MR) is 85.0 cm³/mol. The molecule has 0 radical (unpaired) electrons. The smallest absolute Gasteiger partial charge is 0.303 e. The molecule has 1 rings (SSSR count). The summed E-state index contributed by atoms with van der Waals surface area (Å²) < 4.78 is 31.9. The first-order valence-corrected chi connectivity index (χ1v) is 8.32. The average Bonchev–Trinajstić information content (AvgIpc) is 2.61. The third kappa shape index (κ3) is 10.3. The van der Waals surface area contributed by atoms with E-state index in [4.69, 9.17) is 10.6 Å². The zero-order valence-electron chi connectivity index (χ0n) is 16.7. The molecule has 2 nitrogen and oxygen atoms in total. The van der Waals surface area contributed by atoms with Gasteiger partial charge in [0.15, 0.2) is 0 Å². The molecule has 0 aromatic rings. The van der Waals surface area contributed by atoms with Crippen molar-refractivity contribution in [1.29, 1.82) is 0 Å². The summed E-state index contributed by atoms with van der Waals surface area (Å²) in [7, 11) is 0. The van der Waals surface area contributed by atoms with Gasteiger partial charge in [-0.15, -0.1) is 0 Å². The Morgan fingerprint density at radius 1 is 0.950 bits per heavy atom. The minimum atomic E-state index is -0.704. The van der Waals surface area contributed by atoms with Gasteiger partial charge >= 0.3 is 5.97 Å². The van der Waals surface area contributed by atoms with E-state index in [2.05, 4.69) is 0 Å². The van der Waals surface area contributed by atoms with Crippen LogP contribution in [0.2, 0.25) is 0 Å². The predicted octanol–water partition coefficient (Wildman–Crippen LogP) is 5.94. The Labute approximate surface area is 131 Å². The lowest BCUT2D eigenvalue weighted by molar-refractivity contribution is -0.137. The number of unbranched alkanes of at least 4 members (excludes halogenated alkanes) is 7. The van der Waals surface area contributed by atoms with Gasteiger partial charge in [0, 0.05) is 11.9 Å². The molecule has 1 N–H and O–H groups in total. The third-order valence-electron chi connectivity index (χ3n) is 4.03. The molecule has 1 aliphatic carbocycles. The van der Waals surface area contributed by atoms with Crippen molar-refractivity contribution >= 4 is 5.97 Å². The molecule has 1 aliphatic rings. The van der Waals surface area contributed by atoms with Gasteiger partial charge in [0.1, 0.15) is 0 Å². The summed E-state index contributed by atoms with van der Waals surface area (Å²) in [4.78, 5) is 10.4. The Morgan fingerprint density at radius 2 is 1.60 bits per heavy atom. The second kappa shape index (κ2) is 12.2. The monoisotopic (exact) mass is 286 g/mol. The molecule has 0 saturated heterocycles. The lowest BCUT2D eigenvalue weighted by Gasteiger charge is -2.13. The standard InChI is InChI=1S/C18H34O2/c19-18(20)16-12-6-4-2-1-3-5-9-13-17-14-10-7-8-11-15-17/h17H,1-16H2,(H,19,20)/i7D,8D,10D,15D. The molecule has 0 heterocycles. The van der Waals surface area contributed by atoms with Crippen LogP contribution in [0.4, 0.5) is 0 Å². The van der Waals surface area contributed by atoms with Gasteiger partial charge in [0.2, 0.25) is 0 Å².